The second kappa shape index (κ2) is 6.41. The molecule has 0 spiro atoms. The summed E-state index contributed by atoms with van der Waals surface area (Å²) in [6, 6.07) is 8.04. The molecule has 0 saturated carbocycles. The summed E-state index contributed by atoms with van der Waals surface area (Å²) in [7, 11) is 0. The van der Waals surface area contributed by atoms with Crippen LogP contribution in [0.15, 0.2) is 34.4 Å². The predicted molar refractivity (Wildman–Crippen MR) is 99.8 cm³/mol. The topological polar surface area (TPSA) is 42.3 Å². The van der Waals surface area contributed by atoms with Gasteiger partial charge in [0.25, 0.3) is 5.56 Å². The van der Waals surface area contributed by atoms with Crippen molar-refractivity contribution in [3.63, 3.8) is 0 Å². The zero-order chi connectivity index (χ0) is 16.7. The molecule has 0 radical (unpaired) electrons. The molecule has 2 aliphatic heterocycles. The minimum Gasteiger partial charge on any atom is -0.341 e. The van der Waals surface area contributed by atoms with Crippen LogP contribution in [-0.4, -0.2) is 40.5 Å². The smallest absolute Gasteiger partial charge is 0.259 e. The average Bonchev–Trinajstić information content (AvgIpc) is 3.10. The highest BCUT2D eigenvalue weighted by Crippen LogP contribution is 2.36. The van der Waals surface area contributed by atoms with Crippen LogP contribution in [0.1, 0.15) is 18.0 Å². The molecule has 0 aliphatic carbocycles. The average molecular weight is 361 g/mol. The molecule has 0 aromatic carbocycles. The lowest BCUT2D eigenvalue weighted by Gasteiger charge is -2.42. The molecule has 4 rings (SSSR count). The van der Waals surface area contributed by atoms with E-state index in [2.05, 4.69) is 6.07 Å². The maximum atomic E-state index is 12.9. The molecule has 2 bridgehead atoms. The summed E-state index contributed by atoms with van der Waals surface area (Å²) >= 11 is 3.18. The molecule has 1 saturated heterocycles. The molecule has 2 unspecified atom stereocenters. The second-order valence-corrected chi connectivity index (χ2v) is 8.41. The summed E-state index contributed by atoms with van der Waals surface area (Å²) in [6.07, 6.45) is 3.05. The van der Waals surface area contributed by atoms with E-state index in [4.69, 9.17) is 0 Å². The Morgan fingerprint density at radius 2 is 2.17 bits per heavy atom. The van der Waals surface area contributed by atoms with Crippen LogP contribution in [-0.2, 0) is 11.3 Å². The van der Waals surface area contributed by atoms with Gasteiger partial charge < -0.3 is 9.47 Å². The van der Waals surface area contributed by atoms with Crippen molar-refractivity contribution in [2.24, 2.45) is 5.92 Å². The van der Waals surface area contributed by atoms with Gasteiger partial charge in [-0.2, -0.15) is 11.8 Å². The number of hydrogen-bond acceptors (Lipinski definition) is 4. The van der Waals surface area contributed by atoms with Gasteiger partial charge >= 0.3 is 0 Å². The van der Waals surface area contributed by atoms with Crippen molar-refractivity contribution in [2.45, 2.75) is 18.9 Å². The number of aromatic nitrogens is 1. The van der Waals surface area contributed by atoms with E-state index in [1.165, 1.54) is 0 Å². The number of likely N-dealkylation sites (tertiary alicyclic amines) is 1. The summed E-state index contributed by atoms with van der Waals surface area (Å²) in [5.74, 6) is 1.44. The molecule has 1 fully saturated rings. The molecule has 0 N–H and O–H groups in total. The summed E-state index contributed by atoms with van der Waals surface area (Å²) < 4.78 is 1.96. The Bertz CT molecular complexity index is 813. The minimum absolute atomic E-state index is 0.119. The fourth-order valence-electron chi connectivity index (χ4n) is 3.98. The molecule has 4 nitrogen and oxygen atoms in total. The van der Waals surface area contributed by atoms with Gasteiger partial charge in [-0.05, 0) is 42.2 Å². The third kappa shape index (κ3) is 2.71. The number of thiophene rings is 1. The number of nitrogens with zero attached hydrogens (tertiary/aromatic N) is 2. The van der Waals surface area contributed by atoms with Crippen LogP contribution in [0.25, 0.3) is 10.4 Å². The summed E-state index contributed by atoms with van der Waals surface area (Å²) in [6.45, 7) is 2.26. The highest BCUT2D eigenvalue weighted by molar-refractivity contribution is 7.99. The van der Waals surface area contributed by atoms with Crippen LogP contribution >= 0.6 is 23.1 Å². The van der Waals surface area contributed by atoms with Crippen LogP contribution < -0.4 is 5.56 Å². The zero-order valence-corrected chi connectivity index (χ0v) is 15.2. The highest BCUT2D eigenvalue weighted by atomic mass is 32.2. The fourth-order valence-corrected chi connectivity index (χ4v) is 5.16. The quantitative estimate of drug-likeness (QED) is 0.845. The van der Waals surface area contributed by atoms with Gasteiger partial charge in [-0.1, -0.05) is 6.07 Å². The lowest BCUT2D eigenvalue weighted by atomic mass is 9.83. The molecule has 2 atom stereocenters. The van der Waals surface area contributed by atoms with Crippen molar-refractivity contribution >= 4 is 29.0 Å². The molecule has 126 valence electrons. The Hall–Kier alpha value is -1.53. The Kier molecular flexibility index (Phi) is 4.26. The molecule has 2 aliphatic rings. The van der Waals surface area contributed by atoms with E-state index in [1.54, 1.807) is 23.1 Å². The number of rotatable bonds is 3. The van der Waals surface area contributed by atoms with Crippen LogP contribution in [0, 0.1) is 5.92 Å². The number of hydrogen-bond donors (Lipinski definition) is 0. The van der Waals surface area contributed by atoms with Gasteiger partial charge in [0.1, 0.15) is 0 Å². The Balaban J connectivity index is 1.68. The van der Waals surface area contributed by atoms with Gasteiger partial charge in [-0.15, -0.1) is 11.3 Å². The van der Waals surface area contributed by atoms with Crippen LogP contribution in [0.5, 0.6) is 0 Å². The Morgan fingerprint density at radius 3 is 2.92 bits per heavy atom. The van der Waals surface area contributed by atoms with Crippen molar-refractivity contribution in [2.75, 3.05) is 25.1 Å². The van der Waals surface area contributed by atoms with Crippen molar-refractivity contribution in [1.82, 2.24) is 9.47 Å². The first-order valence-electron chi connectivity index (χ1n) is 8.21. The summed E-state index contributed by atoms with van der Waals surface area (Å²) in [4.78, 5) is 28.2. The van der Waals surface area contributed by atoms with Crippen LogP contribution in [0.4, 0.5) is 0 Å². The number of fused-ring (bicyclic) bond motifs is 4. The van der Waals surface area contributed by atoms with Gasteiger partial charge in [-0.3, -0.25) is 9.59 Å². The van der Waals surface area contributed by atoms with Gasteiger partial charge in [-0.25, -0.2) is 0 Å². The molecule has 2 aromatic rings. The summed E-state index contributed by atoms with van der Waals surface area (Å²) in [5, 5.41) is 2.00. The third-order valence-corrected chi connectivity index (χ3v) is 6.45. The SMILES string of the molecule is CSCC(=O)N1CC2CC(C1)c1ccc(-c3cccs3)c(=O)n1C2. The zero-order valence-electron chi connectivity index (χ0n) is 13.6. The predicted octanol–water partition coefficient (Wildman–Crippen LogP) is 2.89. The molecule has 2 aromatic heterocycles. The first-order valence-corrected chi connectivity index (χ1v) is 10.5. The standard InChI is InChI=1S/C18H20N2O2S2/c1-23-11-17(21)19-8-12-7-13(10-19)15-5-4-14(16-3-2-6-24-16)18(22)20(15)9-12/h2-6,12-13H,7-11H2,1H3. The first kappa shape index (κ1) is 16.0. The van der Waals surface area contributed by atoms with E-state index in [0.717, 1.165) is 42.2 Å². The van der Waals surface area contributed by atoms with E-state index < -0.39 is 0 Å². The molecule has 1 amide bonds. The van der Waals surface area contributed by atoms with E-state index >= 15 is 0 Å². The van der Waals surface area contributed by atoms with Crippen molar-refractivity contribution < 1.29 is 4.79 Å². The Labute approximate surface area is 149 Å². The maximum absolute atomic E-state index is 12.9. The highest BCUT2D eigenvalue weighted by Gasteiger charge is 2.36. The largest absolute Gasteiger partial charge is 0.341 e. The first-order chi connectivity index (χ1) is 11.7. The number of amides is 1. The minimum atomic E-state index is 0.119. The molecule has 6 heteroatoms. The van der Waals surface area contributed by atoms with Crippen LogP contribution in [0.3, 0.4) is 0 Å². The van der Waals surface area contributed by atoms with E-state index in [9.17, 15) is 9.59 Å². The van der Waals surface area contributed by atoms with Gasteiger partial charge in [0, 0.05) is 36.1 Å². The number of carbonyl (C=O) groups excluding carboxylic acids is 1. The lowest BCUT2D eigenvalue weighted by Crippen LogP contribution is -2.49. The molecular formula is C18H20N2O2S2. The monoisotopic (exact) mass is 360 g/mol. The van der Waals surface area contributed by atoms with Gasteiger partial charge in [0.05, 0.1) is 11.3 Å². The number of thioether (sulfide) groups is 1. The van der Waals surface area contributed by atoms with Crippen molar-refractivity contribution in [1.29, 1.82) is 0 Å². The third-order valence-electron chi connectivity index (χ3n) is 5.01. The van der Waals surface area contributed by atoms with E-state index in [0.29, 0.717) is 11.7 Å². The lowest BCUT2D eigenvalue weighted by molar-refractivity contribution is -0.131. The molecule has 24 heavy (non-hydrogen) atoms. The van der Waals surface area contributed by atoms with Crippen LogP contribution in [0.2, 0.25) is 0 Å². The second-order valence-electron chi connectivity index (χ2n) is 6.60. The number of carbonyl (C=O) groups is 1. The van der Waals surface area contributed by atoms with E-state index in [1.807, 2.05) is 39.3 Å². The molecular weight excluding hydrogens is 340 g/mol. The number of pyridine rings is 1. The fraction of sp³-hybridized carbons (Fsp3) is 0.444. The Morgan fingerprint density at radius 1 is 1.29 bits per heavy atom. The van der Waals surface area contributed by atoms with Crippen molar-refractivity contribution in [3.05, 3.63) is 45.7 Å². The number of piperidine rings is 1. The normalized spacial score (nSPS) is 22.3. The maximum Gasteiger partial charge on any atom is 0.259 e. The van der Waals surface area contributed by atoms with E-state index in [-0.39, 0.29) is 17.4 Å². The summed E-state index contributed by atoms with van der Waals surface area (Å²) in [5.41, 5.74) is 2.01. The van der Waals surface area contributed by atoms with Gasteiger partial charge in [0.15, 0.2) is 0 Å². The molecule has 4 heterocycles. The van der Waals surface area contributed by atoms with Gasteiger partial charge in [0.2, 0.25) is 5.91 Å². The van der Waals surface area contributed by atoms with Crippen molar-refractivity contribution in [3.8, 4) is 10.4 Å².